The Balaban J connectivity index is 2.40. The van der Waals surface area contributed by atoms with E-state index in [2.05, 4.69) is 0 Å². The van der Waals surface area contributed by atoms with Gasteiger partial charge < -0.3 is 35.1 Å². The standard InChI is InChI=1S/C15H10O8/c16-6-3-7(17)11-10(4-6)23-15(14(22)13(11)21)5-1-8(18)12(20)9(19)2-5/h1-4,16-20,22H/p-1. The maximum atomic E-state index is 12.2. The molecule has 0 aliphatic carbocycles. The minimum absolute atomic E-state index is 0.140. The highest BCUT2D eigenvalue weighted by Crippen LogP contribution is 2.40. The lowest BCUT2D eigenvalue weighted by Gasteiger charge is -2.13. The van der Waals surface area contributed by atoms with E-state index in [1.165, 1.54) is 0 Å². The molecule has 0 unspecified atom stereocenters. The molecule has 0 atom stereocenters. The molecule has 0 radical (unpaired) electrons. The summed E-state index contributed by atoms with van der Waals surface area (Å²) in [5.74, 6) is -4.94. The van der Waals surface area contributed by atoms with Gasteiger partial charge in [-0.1, -0.05) is 0 Å². The number of hydrogen-bond donors (Lipinski definition) is 5. The van der Waals surface area contributed by atoms with Crippen molar-refractivity contribution in [2.24, 2.45) is 0 Å². The first-order valence-corrected chi connectivity index (χ1v) is 6.24. The van der Waals surface area contributed by atoms with Crippen LogP contribution in [0.4, 0.5) is 0 Å². The lowest BCUT2D eigenvalue weighted by molar-refractivity contribution is -0.272. The third-order valence-electron chi connectivity index (χ3n) is 3.25. The van der Waals surface area contributed by atoms with E-state index in [4.69, 9.17) is 4.42 Å². The first-order valence-electron chi connectivity index (χ1n) is 6.24. The van der Waals surface area contributed by atoms with E-state index in [-0.39, 0.29) is 22.3 Å². The Labute approximate surface area is 127 Å². The molecule has 3 rings (SSSR count). The van der Waals surface area contributed by atoms with Crippen LogP contribution < -0.4 is 10.5 Å². The van der Waals surface area contributed by atoms with Crippen LogP contribution in [-0.2, 0) is 0 Å². The molecule has 0 amide bonds. The first-order chi connectivity index (χ1) is 10.8. The number of phenols is 4. The maximum Gasteiger partial charge on any atom is 0.238 e. The van der Waals surface area contributed by atoms with E-state index in [0.29, 0.717) is 0 Å². The summed E-state index contributed by atoms with van der Waals surface area (Å²) >= 11 is 0. The molecule has 118 valence electrons. The van der Waals surface area contributed by atoms with E-state index >= 15 is 0 Å². The third kappa shape index (κ3) is 2.13. The van der Waals surface area contributed by atoms with Crippen LogP contribution in [0.2, 0.25) is 0 Å². The molecule has 23 heavy (non-hydrogen) atoms. The molecule has 0 aliphatic rings. The molecule has 8 nitrogen and oxygen atoms in total. The van der Waals surface area contributed by atoms with Gasteiger partial charge in [0.15, 0.2) is 5.76 Å². The fourth-order valence-corrected chi connectivity index (χ4v) is 2.20. The number of aromatic hydroxyl groups is 5. The SMILES string of the molecule is O=c1c(O)c(-c2cc(O)c([O-])c(O)c2)oc2cc(O)cc(O)c12. The minimum atomic E-state index is -1.02. The largest absolute Gasteiger partial charge is 0.867 e. The maximum absolute atomic E-state index is 12.2. The van der Waals surface area contributed by atoms with Crippen LogP contribution in [0.1, 0.15) is 0 Å². The quantitative estimate of drug-likeness (QED) is 0.446. The summed E-state index contributed by atoms with van der Waals surface area (Å²) in [7, 11) is 0. The molecule has 1 aromatic heterocycles. The van der Waals surface area contributed by atoms with Gasteiger partial charge in [0.25, 0.3) is 0 Å². The number of phenolic OH excluding ortho intramolecular Hbond substituents is 4. The smallest absolute Gasteiger partial charge is 0.238 e. The van der Waals surface area contributed by atoms with Crippen LogP contribution in [0.15, 0.2) is 33.5 Å². The van der Waals surface area contributed by atoms with E-state index in [1.54, 1.807) is 0 Å². The summed E-state index contributed by atoms with van der Waals surface area (Å²) in [5, 5.41) is 59.0. The Morgan fingerprint density at radius 2 is 1.48 bits per heavy atom. The second kappa shape index (κ2) is 4.73. The van der Waals surface area contributed by atoms with Crippen molar-refractivity contribution >= 4 is 11.0 Å². The van der Waals surface area contributed by atoms with Crippen LogP contribution in [-0.4, -0.2) is 25.5 Å². The van der Waals surface area contributed by atoms with Crippen LogP contribution in [0.5, 0.6) is 34.5 Å². The summed E-state index contributed by atoms with van der Waals surface area (Å²) in [5.41, 5.74) is -1.35. The first kappa shape index (κ1) is 14.4. The molecule has 0 spiro atoms. The van der Waals surface area contributed by atoms with Gasteiger partial charge in [-0.15, -0.1) is 0 Å². The second-order valence-corrected chi connectivity index (χ2v) is 4.79. The zero-order valence-electron chi connectivity index (χ0n) is 11.3. The van der Waals surface area contributed by atoms with Crippen molar-refractivity contribution in [2.75, 3.05) is 0 Å². The lowest BCUT2D eigenvalue weighted by atomic mass is 10.1. The molecular weight excluding hydrogens is 308 g/mol. The lowest BCUT2D eigenvalue weighted by Crippen LogP contribution is -2.03. The highest BCUT2D eigenvalue weighted by Gasteiger charge is 2.19. The topological polar surface area (TPSA) is 154 Å². The molecule has 0 saturated carbocycles. The highest BCUT2D eigenvalue weighted by atomic mass is 16.4. The van der Waals surface area contributed by atoms with Gasteiger partial charge in [-0.25, -0.2) is 0 Å². The molecule has 0 bridgehead atoms. The third-order valence-corrected chi connectivity index (χ3v) is 3.25. The molecule has 3 aromatic rings. The van der Waals surface area contributed by atoms with Gasteiger partial charge in [0.2, 0.25) is 11.2 Å². The van der Waals surface area contributed by atoms with Gasteiger partial charge in [0.1, 0.15) is 34.0 Å². The van der Waals surface area contributed by atoms with E-state index in [1.807, 2.05) is 0 Å². The monoisotopic (exact) mass is 317 g/mol. The predicted molar refractivity (Wildman–Crippen MR) is 75.7 cm³/mol. The molecule has 8 heteroatoms. The van der Waals surface area contributed by atoms with E-state index in [0.717, 1.165) is 24.3 Å². The van der Waals surface area contributed by atoms with Crippen LogP contribution in [0, 0.1) is 0 Å². The van der Waals surface area contributed by atoms with Crippen molar-refractivity contribution < 1.29 is 35.1 Å². The summed E-state index contributed by atoms with van der Waals surface area (Å²) in [4.78, 5) is 12.2. The van der Waals surface area contributed by atoms with Gasteiger partial charge in [0.05, 0.1) is 0 Å². The van der Waals surface area contributed by atoms with Gasteiger partial charge in [0, 0.05) is 17.7 Å². The zero-order chi connectivity index (χ0) is 16.9. The van der Waals surface area contributed by atoms with Crippen molar-refractivity contribution in [1.29, 1.82) is 0 Å². The molecule has 0 saturated heterocycles. The number of benzene rings is 2. The Bertz CT molecular complexity index is 980. The Morgan fingerprint density at radius 1 is 0.870 bits per heavy atom. The van der Waals surface area contributed by atoms with Crippen LogP contribution in [0.3, 0.4) is 0 Å². The molecule has 2 aromatic carbocycles. The van der Waals surface area contributed by atoms with E-state index in [9.17, 15) is 35.4 Å². The number of fused-ring (bicyclic) bond motifs is 1. The van der Waals surface area contributed by atoms with Crippen molar-refractivity contribution in [2.45, 2.75) is 0 Å². The molecule has 0 aliphatic heterocycles. The molecular formula is C15H9O8-. The normalized spacial score (nSPS) is 11.0. The highest BCUT2D eigenvalue weighted by molar-refractivity contribution is 5.88. The van der Waals surface area contributed by atoms with Gasteiger partial charge in [-0.2, -0.15) is 0 Å². The van der Waals surface area contributed by atoms with Crippen LogP contribution in [0.25, 0.3) is 22.3 Å². The van der Waals surface area contributed by atoms with Gasteiger partial charge in [-0.3, -0.25) is 4.79 Å². The van der Waals surface area contributed by atoms with E-state index < -0.39 is 39.9 Å². The zero-order valence-corrected chi connectivity index (χ0v) is 11.3. The Kier molecular flexibility index (Phi) is 2.96. The minimum Gasteiger partial charge on any atom is -0.867 e. The van der Waals surface area contributed by atoms with Crippen molar-refractivity contribution in [1.82, 2.24) is 0 Å². The molecule has 1 heterocycles. The molecule has 5 N–H and O–H groups in total. The fourth-order valence-electron chi connectivity index (χ4n) is 2.20. The summed E-state index contributed by atoms with van der Waals surface area (Å²) < 4.78 is 5.28. The van der Waals surface area contributed by atoms with Crippen molar-refractivity contribution in [3.63, 3.8) is 0 Å². The second-order valence-electron chi connectivity index (χ2n) is 4.79. The fraction of sp³-hybridized carbons (Fsp3) is 0. The van der Waals surface area contributed by atoms with Gasteiger partial charge in [-0.05, 0) is 17.9 Å². The average Bonchev–Trinajstić information content (AvgIpc) is 2.47. The van der Waals surface area contributed by atoms with Crippen LogP contribution >= 0.6 is 0 Å². The van der Waals surface area contributed by atoms with Crippen molar-refractivity contribution in [3.8, 4) is 45.8 Å². The summed E-state index contributed by atoms with van der Waals surface area (Å²) in [6.07, 6.45) is 0. The number of hydrogen-bond acceptors (Lipinski definition) is 8. The molecule has 0 fully saturated rings. The Morgan fingerprint density at radius 3 is 2.09 bits per heavy atom. The summed E-state index contributed by atoms with van der Waals surface area (Å²) in [6, 6.07) is 3.74. The number of rotatable bonds is 1. The Hall–Kier alpha value is -3.55. The summed E-state index contributed by atoms with van der Waals surface area (Å²) in [6.45, 7) is 0. The van der Waals surface area contributed by atoms with Gasteiger partial charge >= 0.3 is 0 Å². The predicted octanol–water partition coefficient (Wildman–Crippen LogP) is 1.06. The average molecular weight is 317 g/mol. The van der Waals surface area contributed by atoms with Crippen molar-refractivity contribution in [3.05, 3.63) is 34.5 Å².